The van der Waals surface area contributed by atoms with Crippen molar-refractivity contribution in [1.82, 2.24) is 30.0 Å². The number of nitrogens with one attached hydrogen (secondary N) is 3. The number of hydrogen-bond donors (Lipinski definition) is 3. The van der Waals surface area contributed by atoms with Crippen LogP contribution in [0.2, 0.25) is 0 Å². The number of carbonyl (C=O) groups excluding carboxylic acids is 5. The molecule has 0 spiro atoms. The number of carbonyl (C=O) groups is 5. The molecule has 16 nitrogen and oxygen atoms in total. The van der Waals surface area contributed by atoms with E-state index in [0.717, 1.165) is 81.5 Å². The van der Waals surface area contributed by atoms with Gasteiger partial charge in [0, 0.05) is 48.8 Å². The van der Waals surface area contributed by atoms with Crippen molar-refractivity contribution < 1.29 is 33.4 Å². The zero-order valence-electron chi connectivity index (χ0n) is 43.3. The smallest absolute Gasteiger partial charge is 0.358 e. The zero-order valence-corrected chi connectivity index (χ0v) is 44.1. The number of para-hydroxylation sites is 1. The first kappa shape index (κ1) is 51.0. The van der Waals surface area contributed by atoms with Gasteiger partial charge in [-0.2, -0.15) is 5.10 Å². The summed E-state index contributed by atoms with van der Waals surface area (Å²) >= 11 is 1.44. The molecule has 0 bridgehead atoms. The van der Waals surface area contributed by atoms with Gasteiger partial charge in [0.15, 0.2) is 10.8 Å². The number of ether oxygens (including phenoxy) is 2. The Morgan fingerprint density at radius 3 is 2.45 bits per heavy atom. The highest BCUT2D eigenvalue weighted by atomic mass is 32.1. The molecule has 2 fully saturated rings. The van der Waals surface area contributed by atoms with Gasteiger partial charge in [0.05, 0.1) is 40.5 Å². The van der Waals surface area contributed by atoms with E-state index in [4.69, 9.17) is 14.5 Å². The van der Waals surface area contributed by atoms with E-state index in [1.165, 1.54) is 11.3 Å². The van der Waals surface area contributed by atoms with Crippen molar-refractivity contribution in [1.29, 1.82) is 0 Å². The van der Waals surface area contributed by atoms with Gasteiger partial charge in [0.2, 0.25) is 17.7 Å². The summed E-state index contributed by atoms with van der Waals surface area (Å²) in [6.07, 6.45) is 4.28. The quantitative estimate of drug-likeness (QED) is 0.0692. The molecule has 10 rings (SSSR count). The van der Waals surface area contributed by atoms with Gasteiger partial charge in [-0.15, -0.1) is 0 Å². The highest BCUT2D eigenvalue weighted by Gasteiger charge is 2.33. The molecule has 7 aromatic rings. The number of hydrogen-bond acceptors (Lipinski definition) is 13. The van der Waals surface area contributed by atoms with E-state index in [-0.39, 0.29) is 35.7 Å². The van der Waals surface area contributed by atoms with Crippen LogP contribution in [-0.4, -0.2) is 92.6 Å². The predicted molar refractivity (Wildman–Crippen MR) is 291 cm³/mol. The Morgan fingerprint density at radius 1 is 0.880 bits per heavy atom. The van der Waals surface area contributed by atoms with Crippen LogP contribution >= 0.6 is 11.3 Å². The zero-order chi connectivity index (χ0) is 52.5. The molecule has 2 atom stereocenters. The summed E-state index contributed by atoms with van der Waals surface area (Å²) in [6.45, 7) is 13.4. The fraction of sp³-hybridized carbons (Fsp3) is 0.379. The van der Waals surface area contributed by atoms with Gasteiger partial charge in [-0.05, 0) is 168 Å². The number of amides is 4. The van der Waals surface area contributed by atoms with E-state index in [1.54, 1.807) is 4.68 Å². The lowest BCUT2D eigenvalue weighted by Gasteiger charge is -2.34. The Bertz CT molecular complexity index is 3320. The minimum absolute atomic E-state index is 0.0820. The van der Waals surface area contributed by atoms with Crippen LogP contribution in [0.1, 0.15) is 109 Å². The fourth-order valence-electron chi connectivity index (χ4n) is 10.7. The average molecular weight is 1030 g/mol. The number of anilines is 3. The number of nitrogens with zero attached hydrogens (tertiary/aromatic N) is 6. The molecule has 388 valence electrons. The van der Waals surface area contributed by atoms with Gasteiger partial charge in [-0.3, -0.25) is 39.4 Å². The number of esters is 1. The Balaban J connectivity index is 0.733. The number of rotatable bonds is 14. The molecule has 1 unspecified atom stereocenters. The molecule has 4 amide bonds. The Kier molecular flexibility index (Phi) is 14.5. The Hall–Kier alpha value is -7.50. The van der Waals surface area contributed by atoms with Crippen LogP contribution in [0.3, 0.4) is 0 Å². The summed E-state index contributed by atoms with van der Waals surface area (Å²) in [6, 6.07) is 29.1. The monoisotopic (exact) mass is 1030 g/mol. The van der Waals surface area contributed by atoms with E-state index in [1.807, 2.05) is 120 Å². The molecule has 4 aromatic carbocycles. The average Bonchev–Trinajstić information content (AvgIpc) is 3.95. The summed E-state index contributed by atoms with van der Waals surface area (Å²) in [5, 5.41) is 14.5. The first-order valence-electron chi connectivity index (χ1n) is 25.9. The molecule has 3 aromatic heterocycles. The molecule has 6 heterocycles. The molecule has 17 heteroatoms. The van der Waals surface area contributed by atoms with Crippen LogP contribution in [0.4, 0.5) is 16.6 Å². The third kappa shape index (κ3) is 11.4. The topological polar surface area (TPSA) is 190 Å². The van der Waals surface area contributed by atoms with Crippen molar-refractivity contribution in [3.8, 4) is 16.9 Å². The predicted octanol–water partition coefficient (Wildman–Crippen LogP) is 9.60. The molecule has 75 heavy (non-hydrogen) atoms. The normalized spacial score (nSPS) is 16.9. The molecule has 0 radical (unpaired) electrons. The molecule has 2 saturated heterocycles. The minimum atomic E-state index is -0.743. The minimum Gasteiger partial charge on any atom is -0.494 e. The first-order valence-corrected chi connectivity index (χ1v) is 26.7. The number of aromatic nitrogens is 4. The van der Waals surface area contributed by atoms with Crippen molar-refractivity contribution in [3.63, 3.8) is 0 Å². The molecule has 3 aliphatic heterocycles. The van der Waals surface area contributed by atoms with Crippen molar-refractivity contribution in [2.45, 2.75) is 91.2 Å². The summed E-state index contributed by atoms with van der Waals surface area (Å²) in [5.41, 5.74) is 7.47. The summed E-state index contributed by atoms with van der Waals surface area (Å²) in [4.78, 5) is 79.2. The van der Waals surface area contributed by atoms with Gasteiger partial charge in [0.1, 0.15) is 17.2 Å². The fourth-order valence-corrected chi connectivity index (χ4v) is 11.5. The lowest BCUT2D eigenvalue weighted by Crippen LogP contribution is -2.40. The van der Waals surface area contributed by atoms with E-state index in [9.17, 15) is 24.0 Å². The molecule has 3 N–H and O–H groups in total. The third-order valence-electron chi connectivity index (χ3n) is 14.7. The number of thiazole rings is 1. The SMILES string of the molecule is Cc1cc(OCC[C@@H](C)C2CCN(CC(=O)Nc3ccc4c(C5CCC(=O)NC5=O)nn(C)c4c3)CC2)ccc1-c1ccc(N2CCc3cccc(C(=O)Nc4nc5ccccc5s4)c3C2)nc1C(=O)OC(C)(C)C. The van der Waals surface area contributed by atoms with E-state index < -0.39 is 17.5 Å². The summed E-state index contributed by atoms with van der Waals surface area (Å²) in [7, 11) is 1.81. The molecule has 0 aliphatic carbocycles. The molecule has 3 aliphatic rings. The number of fused-ring (bicyclic) bond motifs is 3. The van der Waals surface area contributed by atoms with E-state index >= 15 is 0 Å². The van der Waals surface area contributed by atoms with Crippen molar-refractivity contribution in [3.05, 3.63) is 125 Å². The highest BCUT2D eigenvalue weighted by Crippen LogP contribution is 2.36. The maximum Gasteiger partial charge on any atom is 0.358 e. The van der Waals surface area contributed by atoms with Crippen LogP contribution in [0.25, 0.3) is 32.2 Å². The number of piperidine rings is 2. The maximum atomic E-state index is 14.0. The lowest BCUT2D eigenvalue weighted by atomic mass is 9.84. The lowest BCUT2D eigenvalue weighted by molar-refractivity contribution is -0.134. The van der Waals surface area contributed by atoms with Crippen LogP contribution in [0.15, 0.2) is 91.0 Å². The van der Waals surface area contributed by atoms with Crippen LogP contribution in [0.5, 0.6) is 5.75 Å². The van der Waals surface area contributed by atoms with Crippen LogP contribution in [-0.2, 0) is 39.1 Å². The van der Waals surface area contributed by atoms with Crippen molar-refractivity contribution >= 4 is 78.7 Å². The van der Waals surface area contributed by atoms with Crippen molar-refractivity contribution in [2.75, 3.05) is 48.3 Å². The van der Waals surface area contributed by atoms with Crippen LogP contribution < -0.4 is 25.6 Å². The Morgan fingerprint density at radius 2 is 1.68 bits per heavy atom. The largest absolute Gasteiger partial charge is 0.494 e. The van der Waals surface area contributed by atoms with Gasteiger partial charge in [-0.1, -0.05) is 48.6 Å². The Labute approximate surface area is 440 Å². The number of imide groups is 1. The van der Waals surface area contributed by atoms with Crippen LogP contribution in [0, 0.1) is 18.8 Å². The van der Waals surface area contributed by atoms with Gasteiger partial charge in [-0.25, -0.2) is 14.8 Å². The molecular formula is C58H63N9O7S. The summed E-state index contributed by atoms with van der Waals surface area (Å²) in [5.74, 6) is 0.422. The second-order valence-electron chi connectivity index (χ2n) is 21.1. The highest BCUT2D eigenvalue weighted by molar-refractivity contribution is 7.22. The summed E-state index contributed by atoms with van der Waals surface area (Å²) < 4.78 is 15.0. The number of pyridine rings is 1. The number of benzene rings is 4. The standard InChI is InChI=1S/C58H63N9O7S/c1-34(36-22-26-66(27-23-36)33-51(69)59-38-14-16-43-47(31-38)65(6)64-52(43)44-19-21-50(68)62-55(44)71)25-29-73-39-15-17-40(35(2)30-39)41-18-20-49(61-53(41)56(72)74-58(3,4)5)67-28-24-37-10-9-11-42(45(37)32-67)54(70)63-57-60-46-12-7-8-13-48(46)75-57/h7-18,20,30-31,34,36,44H,19,21-29,32-33H2,1-6H3,(H,59,69)(H,60,63,70)(H,62,68,71)/t34-,44?/m1/s1. The first-order chi connectivity index (χ1) is 36.0. The van der Waals surface area contributed by atoms with Gasteiger partial charge < -0.3 is 19.7 Å². The number of likely N-dealkylation sites (tertiary alicyclic amines) is 1. The number of aryl methyl sites for hydroxylation is 2. The second-order valence-corrected chi connectivity index (χ2v) is 22.2. The van der Waals surface area contributed by atoms with E-state index in [0.29, 0.717) is 84.4 Å². The van der Waals surface area contributed by atoms with E-state index in [2.05, 4.69) is 48.8 Å². The molecular weight excluding hydrogens is 967 g/mol. The second kappa shape index (κ2) is 21.4. The maximum absolute atomic E-state index is 14.0. The van der Waals surface area contributed by atoms with Gasteiger partial charge in [0.25, 0.3) is 5.91 Å². The molecule has 0 saturated carbocycles. The van der Waals surface area contributed by atoms with Gasteiger partial charge >= 0.3 is 5.97 Å². The van der Waals surface area contributed by atoms with Crippen molar-refractivity contribution in [2.24, 2.45) is 18.9 Å². The third-order valence-corrected chi connectivity index (χ3v) is 15.6.